The summed E-state index contributed by atoms with van der Waals surface area (Å²) < 4.78 is 11.7. The molecule has 1 N–H and O–H groups in total. The summed E-state index contributed by atoms with van der Waals surface area (Å²) in [7, 11) is 1.56. The van der Waals surface area contributed by atoms with Crippen LogP contribution in [0, 0.1) is 5.41 Å². The minimum atomic E-state index is -0.510. The average Bonchev–Trinajstić information content (AvgIpc) is 3.38. The van der Waals surface area contributed by atoms with Crippen molar-refractivity contribution in [3.05, 3.63) is 112 Å². The molecule has 7 nitrogen and oxygen atoms in total. The zero-order valence-electron chi connectivity index (χ0n) is 20.7. The SMILES string of the molecule is COc1cc(/C=C2\C(=N)N3N=C(c4ccccc4Cl)SC3=NC2=O)ccc1OCc1cccc2ccccc12. The molecule has 9 heteroatoms. The zero-order chi connectivity index (χ0) is 26.9. The maximum atomic E-state index is 12.9. The molecule has 0 bridgehead atoms. The van der Waals surface area contributed by atoms with Crippen molar-refractivity contribution >= 4 is 62.2 Å². The van der Waals surface area contributed by atoms with E-state index in [-0.39, 0.29) is 11.4 Å². The van der Waals surface area contributed by atoms with Crippen molar-refractivity contribution in [3.8, 4) is 11.5 Å². The van der Waals surface area contributed by atoms with Gasteiger partial charge < -0.3 is 9.47 Å². The van der Waals surface area contributed by atoms with E-state index in [1.54, 1.807) is 31.4 Å². The number of hydrazone groups is 1. The first-order valence-electron chi connectivity index (χ1n) is 12.0. The van der Waals surface area contributed by atoms with E-state index < -0.39 is 5.91 Å². The van der Waals surface area contributed by atoms with Gasteiger partial charge in [0.1, 0.15) is 11.7 Å². The molecule has 0 saturated heterocycles. The summed E-state index contributed by atoms with van der Waals surface area (Å²) >= 11 is 7.53. The second kappa shape index (κ2) is 10.4. The van der Waals surface area contributed by atoms with Crippen LogP contribution in [0.25, 0.3) is 16.8 Å². The highest BCUT2D eigenvalue weighted by Gasteiger charge is 2.36. The smallest absolute Gasteiger partial charge is 0.283 e. The Hall–Kier alpha value is -4.40. The third-order valence-corrected chi connectivity index (χ3v) is 7.59. The molecule has 192 valence electrons. The second-order valence-corrected chi connectivity index (χ2v) is 10.1. The number of fused-ring (bicyclic) bond motifs is 2. The molecular weight excluding hydrogens is 532 g/mol. The number of hydrogen-bond acceptors (Lipinski definition) is 6. The predicted molar refractivity (Wildman–Crippen MR) is 157 cm³/mol. The van der Waals surface area contributed by atoms with Crippen LogP contribution in [0.1, 0.15) is 16.7 Å². The molecule has 0 aliphatic carbocycles. The highest BCUT2D eigenvalue weighted by molar-refractivity contribution is 8.27. The third kappa shape index (κ3) is 4.80. The number of ether oxygens (including phenoxy) is 2. The van der Waals surface area contributed by atoms with Gasteiger partial charge in [0.15, 0.2) is 17.3 Å². The number of nitrogens with one attached hydrogen (secondary N) is 1. The summed E-state index contributed by atoms with van der Waals surface area (Å²) in [6.07, 6.45) is 1.61. The Labute approximate surface area is 233 Å². The Morgan fingerprint density at radius 1 is 1.00 bits per heavy atom. The van der Waals surface area contributed by atoms with E-state index in [1.807, 2.05) is 48.5 Å². The minimum absolute atomic E-state index is 0.0604. The fourth-order valence-electron chi connectivity index (χ4n) is 4.37. The van der Waals surface area contributed by atoms with Crippen LogP contribution in [0.4, 0.5) is 0 Å². The Morgan fingerprint density at radius 2 is 1.79 bits per heavy atom. The number of rotatable bonds is 6. The molecule has 2 aliphatic rings. The summed E-state index contributed by atoms with van der Waals surface area (Å²) in [4.78, 5) is 17.0. The van der Waals surface area contributed by atoms with Crippen molar-refractivity contribution in [3.63, 3.8) is 0 Å². The Bertz CT molecular complexity index is 1740. The molecule has 4 aromatic rings. The lowest BCUT2D eigenvalue weighted by atomic mass is 10.1. The predicted octanol–water partition coefficient (Wildman–Crippen LogP) is 6.75. The number of amides is 1. The molecule has 2 aliphatic heterocycles. The largest absolute Gasteiger partial charge is 0.493 e. The third-order valence-electron chi connectivity index (χ3n) is 6.32. The van der Waals surface area contributed by atoms with Crippen molar-refractivity contribution in [1.29, 1.82) is 5.41 Å². The molecule has 0 atom stereocenters. The number of halogens is 1. The molecule has 0 aromatic heterocycles. The summed E-state index contributed by atoms with van der Waals surface area (Å²) in [5.74, 6) is 0.515. The highest BCUT2D eigenvalue weighted by atomic mass is 35.5. The van der Waals surface area contributed by atoms with Crippen molar-refractivity contribution in [2.24, 2.45) is 10.1 Å². The van der Waals surface area contributed by atoms with Gasteiger partial charge in [-0.05, 0) is 57.9 Å². The fourth-order valence-corrected chi connectivity index (χ4v) is 5.58. The minimum Gasteiger partial charge on any atom is -0.493 e. The Balaban J connectivity index is 1.24. The number of carbonyl (C=O) groups is 1. The van der Waals surface area contributed by atoms with Gasteiger partial charge in [0, 0.05) is 5.56 Å². The zero-order valence-corrected chi connectivity index (χ0v) is 22.3. The van der Waals surface area contributed by atoms with Crippen molar-refractivity contribution in [1.82, 2.24) is 5.01 Å². The van der Waals surface area contributed by atoms with Crippen LogP contribution in [-0.4, -0.2) is 34.1 Å². The normalized spacial score (nSPS) is 15.8. The van der Waals surface area contributed by atoms with Crippen LogP contribution < -0.4 is 9.47 Å². The maximum absolute atomic E-state index is 12.9. The van der Waals surface area contributed by atoms with Gasteiger partial charge in [-0.15, -0.1) is 0 Å². The van der Waals surface area contributed by atoms with Crippen molar-refractivity contribution in [2.75, 3.05) is 7.11 Å². The van der Waals surface area contributed by atoms with E-state index >= 15 is 0 Å². The molecule has 1 amide bonds. The maximum Gasteiger partial charge on any atom is 0.283 e. The van der Waals surface area contributed by atoms with Crippen LogP contribution in [0.5, 0.6) is 11.5 Å². The van der Waals surface area contributed by atoms with Crippen molar-refractivity contribution in [2.45, 2.75) is 6.61 Å². The summed E-state index contributed by atoms with van der Waals surface area (Å²) in [6, 6.07) is 27.0. The first-order chi connectivity index (χ1) is 19.0. The van der Waals surface area contributed by atoms with Crippen LogP contribution in [0.3, 0.4) is 0 Å². The van der Waals surface area contributed by atoms with Gasteiger partial charge in [0.25, 0.3) is 5.91 Å². The number of amidine groups is 2. The van der Waals surface area contributed by atoms with E-state index in [1.165, 1.54) is 16.8 Å². The van der Waals surface area contributed by atoms with E-state index in [4.69, 9.17) is 26.5 Å². The summed E-state index contributed by atoms with van der Waals surface area (Å²) in [5, 5.41) is 18.3. The molecule has 0 radical (unpaired) electrons. The molecule has 0 unspecified atom stereocenters. The van der Waals surface area contributed by atoms with Crippen LogP contribution >= 0.6 is 23.4 Å². The molecular formula is C30H21ClN4O3S. The van der Waals surface area contributed by atoms with Crippen LogP contribution in [0.2, 0.25) is 5.02 Å². The molecule has 6 rings (SSSR count). The van der Waals surface area contributed by atoms with E-state index in [2.05, 4.69) is 28.3 Å². The Morgan fingerprint density at radius 3 is 2.64 bits per heavy atom. The quantitative estimate of drug-likeness (QED) is 0.267. The number of aliphatic imine (C=N–C) groups is 1. The highest BCUT2D eigenvalue weighted by Crippen LogP contribution is 2.34. The van der Waals surface area contributed by atoms with Gasteiger partial charge >= 0.3 is 0 Å². The van der Waals surface area contributed by atoms with E-state index in [0.717, 1.165) is 21.9 Å². The molecule has 2 heterocycles. The van der Waals surface area contributed by atoms with Crippen molar-refractivity contribution < 1.29 is 14.3 Å². The summed E-state index contributed by atoms with van der Waals surface area (Å²) in [6.45, 7) is 0.372. The van der Waals surface area contributed by atoms with Gasteiger partial charge in [0.2, 0.25) is 5.17 Å². The molecule has 0 saturated carbocycles. The number of hydrogen-bond donors (Lipinski definition) is 1. The van der Waals surface area contributed by atoms with E-state index in [0.29, 0.717) is 38.9 Å². The van der Waals surface area contributed by atoms with Gasteiger partial charge in [-0.2, -0.15) is 15.1 Å². The Kier molecular flexibility index (Phi) is 6.64. The number of benzene rings is 4. The van der Waals surface area contributed by atoms with E-state index in [9.17, 15) is 4.79 Å². The molecule has 0 fully saturated rings. The summed E-state index contributed by atoms with van der Waals surface area (Å²) in [5.41, 5.74) is 2.57. The first kappa shape index (κ1) is 24.9. The average molecular weight is 553 g/mol. The molecule has 0 spiro atoms. The molecule has 4 aromatic carbocycles. The fraction of sp³-hybridized carbons (Fsp3) is 0.0667. The molecule has 39 heavy (non-hydrogen) atoms. The second-order valence-electron chi connectivity index (χ2n) is 8.74. The van der Waals surface area contributed by atoms with Gasteiger partial charge in [-0.3, -0.25) is 10.2 Å². The number of nitrogens with zero attached hydrogens (tertiary/aromatic N) is 3. The van der Waals surface area contributed by atoms with Gasteiger partial charge in [0.05, 0.1) is 17.7 Å². The lowest BCUT2D eigenvalue weighted by Crippen LogP contribution is -2.35. The number of carbonyl (C=O) groups excluding carboxylic acids is 1. The van der Waals surface area contributed by atoms with Gasteiger partial charge in [-0.1, -0.05) is 78.3 Å². The number of methoxy groups -OCH3 is 1. The lowest BCUT2D eigenvalue weighted by molar-refractivity contribution is -0.114. The lowest BCUT2D eigenvalue weighted by Gasteiger charge is -2.20. The standard InChI is InChI=1S/C30H21ClN4O3S/c1-37-26-16-18(13-14-25(26)38-17-20-9-6-8-19-7-2-3-10-21(19)20)15-23-27(32)35-30(33-28(23)36)39-29(34-35)22-11-4-5-12-24(22)31/h2-16,32H,17H2,1H3/b23-15+,32-27?. The van der Waals surface area contributed by atoms with Gasteiger partial charge in [-0.25, -0.2) is 0 Å². The van der Waals surface area contributed by atoms with Crippen LogP contribution in [0.15, 0.2) is 101 Å². The number of thioether (sulfide) groups is 1. The first-order valence-corrected chi connectivity index (χ1v) is 13.2. The monoisotopic (exact) mass is 552 g/mol. The topological polar surface area (TPSA) is 87.3 Å². The van der Waals surface area contributed by atoms with Crippen LogP contribution in [-0.2, 0) is 11.4 Å².